The predicted octanol–water partition coefficient (Wildman–Crippen LogP) is 6.06. The van der Waals surface area contributed by atoms with E-state index in [4.69, 9.17) is 10.5 Å². The van der Waals surface area contributed by atoms with Gasteiger partial charge in [0.05, 0.1) is 16.3 Å². The highest BCUT2D eigenvalue weighted by Gasteiger charge is 2.19. The van der Waals surface area contributed by atoms with Crippen molar-refractivity contribution in [3.63, 3.8) is 0 Å². The molecule has 0 fully saturated rings. The molecule has 2 heterocycles. The monoisotopic (exact) mass is 587 g/mol. The van der Waals surface area contributed by atoms with Gasteiger partial charge >= 0.3 is 0 Å². The van der Waals surface area contributed by atoms with Crippen molar-refractivity contribution in [3.8, 4) is 27.6 Å². The molecule has 2 aromatic heterocycles. The van der Waals surface area contributed by atoms with E-state index < -0.39 is 23.2 Å². The van der Waals surface area contributed by atoms with E-state index in [0.717, 1.165) is 30.1 Å². The fraction of sp³-hybridized carbons (Fsp3) is 0.133. The van der Waals surface area contributed by atoms with E-state index in [-0.39, 0.29) is 5.56 Å². The van der Waals surface area contributed by atoms with Crippen molar-refractivity contribution >= 4 is 39.7 Å². The van der Waals surface area contributed by atoms with Gasteiger partial charge < -0.3 is 26.0 Å². The van der Waals surface area contributed by atoms with E-state index in [0.29, 0.717) is 39.5 Å². The van der Waals surface area contributed by atoms with E-state index in [1.54, 1.807) is 30.5 Å². The van der Waals surface area contributed by atoms with Gasteiger partial charge in [0.15, 0.2) is 5.13 Å². The van der Waals surface area contributed by atoms with Gasteiger partial charge in [0.1, 0.15) is 29.7 Å². The van der Waals surface area contributed by atoms with E-state index >= 15 is 0 Å². The summed E-state index contributed by atoms with van der Waals surface area (Å²) < 4.78 is 34.0. The Morgan fingerprint density at radius 1 is 1.00 bits per heavy atom. The molecule has 0 spiro atoms. The molecule has 0 aliphatic heterocycles. The van der Waals surface area contributed by atoms with Crippen LogP contribution in [0.15, 0.2) is 79.0 Å². The third-order valence-corrected chi connectivity index (χ3v) is 6.94. The fourth-order valence-corrected chi connectivity index (χ4v) is 4.83. The lowest BCUT2D eigenvalue weighted by Crippen LogP contribution is -2.19. The van der Waals surface area contributed by atoms with Crippen LogP contribution in [0.1, 0.15) is 10.4 Å². The van der Waals surface area contributed by atoms with Gasteiger partial charge in [-0.05, 0) is 56.6 Å². The molecule has 0 bridgehead atoms. The lowest BCUT2D eigenvalue weighted by Gasteiger charge is -2.12. The Kier molecular flexibility index (Phi) is 8.65. The number of nitrogens with one attached hydrogen (secondary N) is 2. The maximum Gasteiger partial charge on any atom is 0.255 e. The van der Waals surface area contributed by atoms with Crippen LogP contribution in [0.4, 0.5) is 31.2 Å². The predicted molar refractivity (Wildman–Crippen MR) is 161 cm³/mol. The molecule has 0 atom stereocenters. The van der Waals surface area contributed by atoms with Crippen LogP contribution >= 0.6 is 11.3 Å². The van der Waals surface area contributed by atoms with Crippen molar-refractivity contribution in [1.29, 1.82) is 0 Å². The number of carbonyl (C=O) groups excluding carboxylic acids is 1. The Morgan fingerprint density at radius 3 is 2.55 bits per heavy atom. The maximum atomic E-state index is 14.1. The highest BCUT2D eigenvalue weighted by Crippen LogP contribution is 2.38. The molecule has 1 amide bonds. The van der Waals surface area contributed by atoms with Crippen LogP contribution in [-0.2, 0) is 0 Å². The molecule has 12 heteroatoms. The first-order valence-electron chi connectivity index (χ1n) is 12.9. The lowest BCUT2D eigenvalue weighted by atomic mass is 10.1. The van der Waals surface area contributed by atoms with Crippen LogP contribution in [0.5, 0.6) is 5.75 Å². The van der Waals surface area contributed by atoms with Gasteiger partial charge in [0, 0.05) is 35.6 Å². The number of thiazole rings is 1. The normalized spacial score (nSPS) is 11.0. The average molecular weight is 588 g/mol. The molecule has 0 unspecified atom stereocenters. The third kappa shape index (κ3) is 6.85. The van der Waals surface area contributed by atoms with Gasteiger partial charge in [0.25, 0.3) is 5.91 Å². The summed E-state index contributed by atoms with van der Waals surface area (Å²) in [6.45, 7) is 1.35. The minimum atomic E-state index is -0.870. The second kappa shape index (κ2) is 12.7. The number of nitrogens with two attached hydrogens (primary N) is 1. The Labute approximate surface area is 245 Å². The number of amides is 1. The number of aromatic nitrogens is 3. The number of hydrogen-bond acceptors (Lipinski definition) is 9. The second-order valence-corrected chi connectivity index (χ2v) is 10.5. The number of para-hydroxylation sites is 1. The zero-order valence-electron chi connectivity index (χ0n) is 22.8. The quantitative estimate of drug-likeness (QED) is 0.180. The molecule has 0 aliphatic rings. The van der Waals surface area contributed by atoms with Crippen LogP contribution in [-0.4, -0.2) is 53.0 Å². The highest BCUT2D eigenvalue weighted by molar-refractivity contribution is 7.19. The highest BCUT2D eigenvalue weighted by atomic mass is 32.1. The standard InChI is InChI=1S/C30H27F2N7O2S/c1-39(2)14-15-41-21-9-4-8-20(17-21)35-30-34-13-12-24(36-30)27-25(38-29(33)42-27)18-6-3-7-19(16-18)28(40)37-26-22(31)10-5-11-23(26)32/h3-13,16-17H,14-15H2,1-2H3,(H2,33,38)(H,37,40)(H,34,35,36). The number of likely N-dealkylation sites (N-methyl/N-ethyl adjacent to an activating group) is 1. The Balaban J connectivity index is 1.38. The van der Waals surface area contributed by atoms with Crippen LogP contribution < -0.4 is 21.1 Å². The number of nitrogen functional groups attached to an aromatic ring is 1. The van der Waals surface area contributed by atoms with E-state index in [2.05, 4.69) is 25.6 Å². The smallest absolute Gasteiger partial charge is 0.255 e. The van der Waals surface area contributed by atoms with Crippen molar-refractivity contribution < 1.29 is 18.3 Å². The zero-order chi connectivity index (χ0) is 29.6. The van der Waals surface area contributed by atoms with Crippen LogP contribution in [0, 0.1) is 11.6 Å². The summed E-state index contributed by atoms with van der Waals surface area (Å²) in [5.74, 6) is -1.34. The number of rotatable bonds is 10. The fourth-order valence-electron chi connectivity index (χ4n) is 4.00. The summed E-state index contributed by atoms with van der Waals surface area (Å²) in [5.41, 5.74) is 8.17. The molecule has 0 saturated heterocycles. The number of nitrogens with zero attached hydrogens (tertiary/aromatic N) is 4. The largest absolute Gasteiger partial charge is 0.492 e. The molecule has 42 heavy (non-hydrogen) atoms. The number of halogens is 2. The zero-order valence-corrected chi connectivity index (χ0v) is 23.6. The van der Waals surface area contributed by atoms with Gasteiger partial charge in [-0.3, -0.25) is 4.79 Å². The molecule has 9 nitrogen and oxygen atoms in total. The molecule has 0 saturated carbocycles. The van der Waals surface area contributed by atoms with Gasteiger partial charge in [0.2, 0.25) is 5.95 Å². The van der Waals surface area contributed by atoms with Crippen LogP contribution in [0.25, 0.3) is 21.8 Å². The van der Waals surface area contributed by atoms with E-state index in [1.165, 1.54) is 23.5 Å². The van der Waals surface area contributed by atoms with Gasteiger partial charge in [-0.1, -0.05) is 35.6 Å². The Hall–Kier alpha value is -4.94. The maximum absolute atomic E-state index is 14.1. The van der Waals surface area contributed by atoms with Gasteiger partial charge in [-0.2, -0.15) is 0 Å². The van der Waals surface area contributed by atoms with Gasteiger partial charge in [-0.15, -0.1) is 0 Å². The molecule has 5 rings (SSSR count). The topological polar surface area (TPSA) is 118 Å². The first kappa shape index (κ1) is 28.6. The minimum absolute atomic E-state index is 0.186. The lowest BCUT2D eigenvalue weighted by molar-refractivity contribution is 0.102. The summed E-state index contributed by atoms with van der Waals surface area (Å²) in [5, 5.41) is 5.81. The number of carbonyl (C=O) groups is 1. The number of ether oxygens (including phenoxy) is 1. The summed E-state index contributed by atoms with van der Waals surface area (Å²) in [4.78, 5) is 29.1. The molecule has 5 aromatic rings. The molecule has 0 aliphatic carbocycles. The number of anilines is 4. The first-order chi connectivity index (χ1) is 20.3. The minimum Gasteiger partial charge on any atom is -0.492 e. The van der Waals surface area contributed by atoms with Crippen molar-refractivity contribution in [2.45, 2.75) is 0 Å². The number of hydrogen-bond donors (Lipinski definition) is 3. The first-order valence-corrected chi connectivity index (χ1v) is 13.7. The third-order valence-electron chi connectivity index (χ3n) is 6.03. The van der Waals surface area contributed by atoms with Crippen LogP contribution in [0.3, 0.4) is 0 Å². The summed E-state index contributed by atoms with van der Waals surface area (Å²) in [7, 11) is 3.97. The summed E-state index contributed by atoms with van der Waals surface area (Å²) in [6.07, 6.45) is 1.62. The van der Waals surface area contributed by atoms with Crippen molar-refractivity contribution in [1.82, 2.24) is 19.9 Å². The Bertz CT molecular complexity index is 1710. The van der Waals surface area contributed by atoms with Crippen LogP contribution in [0.2, 0.25) is 0 Å². The molecule has 3 aromatic carbocycles. The van der Waals surface area contributed by atoms with Crippen molar-refractivity contribution in [2.75, 3.05) is 43.6 Å². The van der Waals surface area contributed by atoms with E-state index in [9.17, 15) is 13.6 Å². The molecular weight excluding hydrogens is 560 g/mol. The second-order valence-electron chi connectivity index (χ2n) is 9.43. The molecule has 0 radical (unpaired) electrons. The molecule has 214 valence electrons. The molecule has 4 N–H and O–H groups in total. The number of benzene rings is 3. The average Bonchev–Trinajstić information content (AvgIpc) is 3.37. The molecular formula is C30H27F2N7O2S. The van der Waals surface area contributed by atoms with Crippen molar-refractivity contribution in [2.24, 2.45) is 0 Å². The van der Waals surface area contributed by atoms with E-state index in [1.807, 2.05) is 43.3 Å². The van der Waals surface area contributed by atoms with Crippen molar-refractivity contribution in [3.05, 3.63) is 96.2 Å². The summed E-state index contributed by atoms with van der Waals surface area (Å²) in [6, 6.07) is 19.1. The van der Waals surface area contributed by atoms with Gasteiger partial charge in [-0.25, -0.2) is 23.7 Å². The Morgan fingerprint density at radius 2 is 1.76 bits per heavy atom. The summed E-state index contributed by atoms with van der Waals surface area (Å²) >= 11 is 1.24. The SMILES string of the molecule is CN(C)CCOc1cccc(Nc2nccc(-c3sc(N)nc3-c3cccc(C(=O)Nc4c(F)cccc4F)c3)n2)c1.